The maximum absolute atomic E-state index is 13.6. The Kier molecular flexibility index (Phi) is 7.23. The van der Waals surface area contributed by atoms with Gasteiger partial charge in [0.05, 0.1) is 23.4 Å². The number of thioether (sulfide) groups is 1. The van der Waals surface area contributed by atoms with Gasteiger partial charge in [0.2, 0.25) is 11.8 Å². The van der Waals surface area contributed by atoms with E-state index in [1.165, 1.54) is 11.8 Å². The molecule has 32 heavy (non-hydrogen) atoms. The lowest BCUT2D eigenvalue weighted by atomic mass is 10.0. The summed E-state index contributed by atoms with van der Waals surface area (Å²) in [6.45, 7) is 5.52. The number of aromatic nitrogens is 1. The van der Waals surface area contributed by atoms with Crippen LogP contribution in [0.1, 0.15) is 36.8 Å². The van der Waals surface area contributed by atoms with Gasteiger partial charge in [-0.05, 0) is 37.8 Å². The molecular formula is C24H29N3O3S2. The number of para-hydroxylation sites is 1. The zero-order valence-electron chi connectivity index (χ0n) is 18.7. The molecule has 0 aliphatic carbocycles. The summed E-state index contributed by atoms with van der Waals surface area (Å²) in [4.78, 5) is 29.6. The van der Waals surface area contributed by atoms with E-state index in [1.807, 2.05) is 56.6 Å². The molecule has 8 heteroatoms. The average molecular weight is 472 g/mol. The van der Waals surface area contributed by atoms with Crippen molar-refractivity contribution in [2.45, 2.75) is 44.0 Å². The molecule has 0 saturated carbocycles. The minimum atomic E-state index is -0.674. The van der Waals surface area contributed by atoms with Gasteiger partial charge in [0.25, 0.3) is 0 Å². The van der Waals surface area contributed by atoms with Gasteiger partial charge in [0.15, 0.2) is 0 Å². The standard InChI is InChI=1S/C24H29N3O3S2/c1-16(2)30-12-7-11-25-23(29)22-21-18-9-4-5-10-19(18)26(3)24(21)32-15-20(28)27(22)14-17-8-6-13-31-17/h4-6,8-10,13,16,22H,7,11-12,14-15H2,1-3H3,(H,25,29)/t22-/m0/s1. The van der Waals surface area contributed by atoms with E-state index >= 15 is 0 Å². The van der Waals surface area contributed by atoms with Crippen LogP contribution in [0.25, 0.3) is 10.9 Å². The molecule has 0 saturated heterocycles. The molecule has 3 heterocycles. The van der Waals surface area contributed by atoms with Crippen LogP contribution in [0.5, 0.6) is 0 Å². The summed E-state index contributed by atoms with van der Waals surface area (Å²) in [7, 11) is 2.01. The predicted molar refractivity (Wildman–Crippen MR) is 130 cm³/mol. The molecule has 1 atom stereocenters. The molecule has 0 spiro atoms. The van der Waals surface area contributed by atoms with Gasteiger partial charge in [-0.2, -0.15) is 0 Å². The maximum atomic E-state index is 13.6. The van der Waals surface area contributed by atoms with E-state index in [0.29, 0.717) is 25.4 Å². The Morgan fingerprint density at radius 3 is 2.81 bits per heavy atom. The van der Waals surface area contributed by atoms with Crippen LogP contribution >= 0.6 is 23.1 Å². The fourth-order valence-electron chi connectivity index (χ4n) is 4.07. The van der Waals surface area contributed by atoms with Crippen LogP contribution < -0.4 is 5.32 Å². The number of fused-ring (bicyclic) bond motifs is 3. The second-order valence-corrected chi connectivity index (χ2v) is 10.1. The van der Waals surface area contributed by atoms with Crippen molar-refractivity contribution in [3.8, 4) is 0 Å². The maximum Gasteiger partial charge on any atom is 0.247 e. The summed E-state index contributed by atoms with van der Waals surface area (Å²) in [5, 5.41) is 7.07. The third kappa shape index (κ3) is 4.72. The molecule has 0 radical (unpaired) electrons. The second-order valence-electron chi connectivity index (χ2n) is 8.15. The first-order valence-electron chi connectivity index (χ1n) is 10.9. The van der Waals surface area contributed by atoms with Crippen molar-refractivity contribution in [1.82, 2.24) is 14.8 Å². The van der Waals surface area contributed by atoms with Gasteiger partial charge in [0, 0.05) is 41.5 Å². The molecule has 0 fully saturated rings. The largest absolute Gasteiger partial charge is 0.379 e. The van der Waals surface area contributed by atoms with Gasteiger partial charge in [-0.1, -0.05) is 36.0 Å². The monoisotopic (exact) mass is 471 g/mol. The second kappa shape index (κ2) is 10.1. The summed E-state index contributed by atoms with van der Waals surface area (Å²) in [6.07, 6.45) is 0.897. The molecule has 1 aromatic carbocycles. The molecule has 1 N–H and O–H groups in total. The summed E-state index contributed by atoms with van der Waals surface area (Å²) in [6, 6.07) is 11.4. The van der Waals surface area contributed by atoms with Crippen molar-refractivity contribution in [3.63, 3.8) is 0 Å². The molecular weight excluding hydrogens is 442 g/mol. The van der Waals surface area contributed by atoms with Crippen LogP contribution in [0.2, 0.25) is 0 Å². The van der Waals surface area contributed by atoms with Crippen LogP contribution in [0.15, 0.2) is 46.8 Å². The smallest absolute Gasteiger partial charge is 0.247 e. The van der Waals surface area contributed by atoms with Gasteiger partial charge in [0.1, 0.15) is 6.04 Å². The number of carbonyl (C=O) groups is 2. The van der Waals surface area contributed by atoms with Crippen LogP contribution in [0.4, 0.5) is 0 Å². The molecule has 1 aliphatic heterocycles. The Labute approximate surface area is 196 Å². The number of hydrogen-bond acceptors (Lipinski definition) is 5. The molecule has 0 unspecified atom stereocenters. The summed E-state index contributed by atoms with van der Waals surface area (Å²) in [5.41, 5.74) is 1.99. The zero-order valence-corrected chi connectivity index (χ0v) is 20.3. The Morgan fingerprint density at radius 1 is 1.25 bits per heavy atom. The van der Waals surface area contributed by atoms with E-state index in [4.69, 9.17) is 4.74 Å². The predicted octanol–water partition coefficient (Wildman–Crippen LogP) is 4.35. The van der Waals surface area contributed by atoms with Gasteiger partial charge in [-0.25, -0.2) is 0 Å². The fourth-order valence-corrected chi connectivity index (χ4v) is 5.87. The Morgan fingerprint density at radius 2 is 2.06 bits per heavy atom. The van der Waals surface area contributed by atoms with E-state index < -0.39 is 6.04 Å². The fraction of sp³-hybridized carbons (Fsp3) is 0.417. The van der Waals surface area contributed by atoms with Gasteiger partial charge in [-0.15, -0.1) is 11.3 Å². The lowest BCUT2D eigenvalue weighted by Crippen LogP contribution is -2.43. The average Bonchev–Trinajstić information content (AvgIpc) is 3.34. The highest BCUT2D eigenvalue weighted by molar-refractivity contribution is 8.00. The van der Waals surface area contributed by atoms with Gasteiger partial charge < -0.3 is 19.5 Å². The molecule has 1 aliphatic rings. The molecule has 2 amide bonds. The van der Waals surface area contributed by atoms with E-state index in [0.717, 1.165) is 32.8 Å². The van der Waals surface area contributed by atoms with Crippen molar-refractivity contribution in [1.29, 1.82) is 0 Å². The molecule has 0 bridgehead atoms. The number of aryl methyl sites for hydroxylation is 1. The highest BCUT2D eigenvalue weighted by atomic mass is 32.2. The number of carbonyl (C=O) groups excluding carboxylic acids is 2. The SMILES string of the molecule is CC(C)OCCCNC(=O)[C@@H]1c2c(n(C)c3ccccc23)SCC(=O)N1Cc1cccs1. The first-order valence-corrected chi connectivity index (χ1v) is 12.7. The Hall–Kier alpha value is -2.29. The van der Waals surface area contributed by atoms with Crippen molar-refractivity contribution in [2.24, 2.45) is 7.05 Å². The van der Waals surface area contributed by atoms with E-state index in [9.17, 15) is 9.59 Å². The third-order valence-corrected chi connectivity index (χ3v) is 7.57. The first-order chi connectivity index (χ1) is 15.5. The summed E-state index contributed by atoms with van der Waals surface area (Å²) < 4.78 is 7.70. The minimum Gasteiger partial charge on any atom is -0.379 e. The Bertz CT molecular complexity index is 1090. The number of ether oxygens (including phenoxy) is 1. The molecule has 3 aromatic rings. The van der Waals surface area contributed by atoms with Gasteiger partial charge in [-0.3, -0.25) is 9.59 Å². The Balaban J connectivity index is 1.69. The lowest BCUT2D eigenvalue weighted by molar-refractivity contribution is -0.139. The van der Waals surface area contributed by atoms with Crippen LogP contribution in [-0.4, -0.2) is 46.3 Å². The summed E-state index contributed by atoms with van der Waals surface area (Å²) in [5.74, 6) is 0.153. The molecule has 6 nitrogen and oxygen atoms in total. The van der Waals surface area contributed by atoms with Crippen LogP contribution in [0.3, 0.4) is 0 Å². The third-order valence-electron chi connectivity index (χ3n) is 5.55. The topological polar surface area (TPSA) is 63.6 Å². The highest BCUT2D eigenvalue weighted by Gasteiger charge is 2.38. The number of amides is 2. The van der Waals surface area contributed by atoms with Crippen molar-refractivity contribution in [2.75, 3.05) is 18.9 Å². The lowest BCUT2D eigenvalue weighted by Gasteiger charge is -2.29. The van der Waals surface area contributed by atoms with Crippen molar-refractivity contribution >= 4 is 45.8 Å². The van der Waals surface area contributed by atoms with Crippen molar-refractivity contribution < 1.29 is 14.3 Å². The number of thiophene rings is 1. The van der Waals surface area contributed by atoms with Crippen LogP contribution in [0, 0.1) is 0 Å². The number of rotatable bonds is 8. The first kappa shape index (κ1) is 22.9. The summed E-state index contributed by atoms with van der Waals surface area (Å²) >= 11 is 3.12. The van der Waals surface area contributed by atoms with Crippen LogP contribution in [-0.2, 0) is 27.9 Å². The molecule has 2 aromatic heterocycles. The van der Waals surface area contributed by atoms with E-state index in [2.05, 4.69) is 16.0 Å². The van der Waals surface area contributed by atoms with Gasteiger partial charge >= 0.3 is 0 Å². The number of benzene rings is 1. The highest BCUT2D eigenvalue weighted by Crippen LogP contribution is 2.42. The number of nitrogens with zero attached hydrogens (tertiary/aromatic N) is 2. The number of nitrogens with one attached hydrogen (secondary N) is 1. The molecule has 4 rings (SSSR count). The molecule has 170 valence electrons. The van der Waals surface area contributed by atoms with E-state index in [-0.39, 0.29) is 17.9 Å². The van der Waals surface area contributed by atoms with E-state index in [1.54, 1.807) is 16.2 Å². The minimum absolute atomic E-state index is 0.0213. The zero-order chi connectivity index (χ0) is 22.7. The quantitative estimate of drug-likeness (QED) is 0.496. The number of hydrogen-bond donors (Lipinski definition) is 1. The normalized spacial score (nSPS) is 16.4. The van der Waals surface area contributed by atoms with Crippen molar-refractivity contribution in [3.05, 3.63) is 52.2 Å².